The second-order valence-electron chi connectivity index (χ2n) is 5.44. The van der Waals surface area contributed by atoms with Crippen molar-refractivity contribution in [3.8, 4) is 11.3 Å². The molecule has 0 unspecified atom stereocenters. The molecule has 0 aliphatic rings. The van der Waals surface area contributed by atoms with Crippen molar-refractivity contribution in [2.75, 3.05) is 0 Å². The largest absolute Gasteiger partial charge is 0.455 e. The Labute approximate surface area is 154 Å². The van der Waals surface area contributed by atoms with Crippen LogP contribution in [0.5, 0.6) is 0 Å². The lowest BCUT2D eigenvalue weighted by Crippen LogP contribution is -1.79. The van der Waals surface area contributed by atoms with Gasteiger partial charge in [0.2, 0.25) is 0 Å². The molecule has 0 N–H and O–H groups in total. The van der Waals surface area contributed by atoms with Crippen LogP contribution in [0.1, 0.15) is 5.76 Å². The minimum Gasteiger partial charge on any atom is -0.455 e. The second kappa shape index (κ2) is 6.71. The summed E-state index contributed by atoms with van der Waals surface area (Å²) in [5.41, 5.74) is 2.62. The number of rotatable bonds is 3. The van der Waals surface area contributed by atoms with Crippen LogP contribution in [-0.4, -0.2) is 11.2 Å². The lowest BCUT2D eigenvalue weighted by molar-refractivity contribution is 0.575. The molecule has 122 valence electrons. The van der Waals surface area contributed by atoms with E-state index in [1.165, 1.54) is 0 Å². The lowest BCUT2D eigenvalue weighted by atomic mass is 10.2. The van der Waals surface area contributed by atoms with Crippen molar-refractivity contribution in [2.24, 2.45) is 4.99 Å². The van der Waals surface area contributed by atoms with E-state index in [4.69, 9.17) is 27.6 Å². The van der Waals surface area contributed by atoms with Crippen LogP contribution >= 0.6 is 23.2 Å². The number of nitrogens with zero attached hydrogens (tertiary/aromatic N) is 2. The Morgan fingerprint density at radius 2 is 1.84 bits per heavy atom. The average molecular weight is 367 g/mol. The van der Waals surface area contributed by atoms with Gasteiger partial charge < -0.3 is 4.42 Å². The zero-order chi connectivity index (χ0) is 17.2. The summed E-state index contributed by atoms with van der Waals surface area (Å²) in [5, 5.41) is 2.01. The first kappa shape index (κ1) is 15.9. The predicted molar refractivity (Wildman–Crippen MR) is 103 cm³/mol. The molecule has 0 aliphatic heterocycles. The monoisotopic (exact) mass is 366 g/mol. The number of halogens is 2. The van der Waals surface area contributed by atoms with Crippen LogP contribution < -0.4 is 0 Å². The number of hydrogen-bond acceptors (Lipinski definition) is 3. The summed E-state index contributed by atoms with van der Waals surface area (Å²) in [5.74, 6) is 1.36. The van der Waals surface area contributed by atoms with Crippen molar-refractivity contribution in [1.29, 1.82) is 0 Å². The van der Waals surface area contributed by atoms with Crippen LogP contribution in [0.3, 0.4) is 0 Å². The van der Waals surface area contributed by atoms with Crippen LogP contribution in [0.15, 0.2) is 76.3 Å². The van der Waals surface area contributed by atoms with Crippen LogP contribution in [0, 0.1) is 0 Å². The molecule has 0 saturated carbocycles. The van der Waals surface area contributed by atoms with Crippen LogP contribution in [0.2, 0.25) is 10.0 Å². The summed E-state index contributed by atoms with van der Waals surface area (Å²) in [6.45, 7) is 0. The van der Waals surface area contributed by atoms with E-state index >= 15 is 0 Å². The molecular weight excluding hydrogens is 355 g/mol. The number of pyridine rings is 1. The predicted octanol–water partition coefficient (Wildman–Crippen LogP) is 6.55. The highest BCUT2D eigenvalue weighted by atomic mass is 35.5. The van der Waals surface area contributed by atoms with Gasteiger partial charge in [-0.05, 0) is 54.6 Å². The smallest absolute Gasteiger partial charge is 0.145 e. The molecule has 0 saturated heterocycles. The number of benzene rings is 2. The summed E-state index contributed by atoms with van der Waals surface area (Å²) < 4.78 is 5.83. The van der Waals surface area contributed by atoms with Gasteiger partial charge in [-0.15, -0.1) is 0 Å². The molecule has 0 amide bonds. The van der Waals surface area contributed by atoms with Gasteiger partial charge in [-0.1, -0.05) is 29.3 Å². The molecule has 2 heterocycles. The van der Waals surface area contributed by atoms with E-state index in [1.807, 2.05) is 48.5 Å². The molecule has 2 aromatic carbocycles. The molecule has 25 heavy (non-hydrogen) atoms. The Hall–Kier alpha value is -2.62. The molecule has 5 heteroatoms. The molecule has 0 bridgehead atoms. The highest BCUT2D eigenvalue weighted by Gasteiger charge is 2.06. The molecule has 4 aromatic rings. The average Bonchev–Trinajstić information content (AvgIpc) is 3.11. The zero-order valence-electron chi connectivity index (χ0n) is 13.0. The van der Waals surface area contributed by atoms with Gasteiger partial charge in [-0.25, -0.2) is 0 Å². The van der Waals surface area contributed by atoms with Gasteiger partial charge in [-0.3, -0.25) is 9.98 Å². The third-order valence-electron chi connectivity index (χ3n) is 3.78. The van der Waals surface area contributed by atoms with Crippen LogP contribution in [0.25, 0.3) is 22.2 Å². The minimum absolute atomic E-state index is 0.494. The van der Waals surface area contributed by atoms with Gasteiger partial charge in [0, 0.05) is 17.1 Å². The molecule has 3 nitrogen and oxygen atoms in total. The molecule has 0 aliphatic carbocycles. The first-order valence-electron chi connectivity index (χ1n) is 7.64. The number of aliphatic imine (C=N–C) groups is 1. The summed E-state index contributed by atoms with van der Waals surface area (Å²) in [7, 11) is 0. The van der Waals surface area contributed by atoms with Gasteiger partial charge in [0.1, 0.15) is 11.5 Å². The van der Waals surface area contributed by atoms with Crippen molar-refractivity contribution >= 4 is 46.0 Å². The Morgan fingerprint density at radius 1 is 0.920 bits per heavy atom. The van der Waals surface area contributed by atoms with E-state index in [0.29, 0.717) is 21.6 Å². The summed E-state index contributed by atoms with van der Waals surface area (Å²) in [6, 6.07) is 18.9. The van der Waals surface area contributed by atoms with Gasteiger partial charge >= 0.3 is 0 Å². The fourth-order valence-electron chi connectivity index (χ4n) is 2.56. The van der Waals surface area contributed by atoms with E-state index in [-0.39, 0.29) is 0 Å². The van der Waals surface area contributed by atoms with E-state index < -0.39 is 0 Å². The van der Waals surface area contributed by atoms with Crippen LogP contribution in [0.4, 0.5) is 5.69 Å². The first-order valence-corrected chi connectivity index (χ1v) is 8.39. The van der Waals surface area contributed by atoms with Gasteiger partial charge in [0.05, 0.1) is 27.5 Å². The van der Waals surface area contributed by atoms with Gasteiger partial charge in [0.15, 0.2) is 0 Å². The van der Waals surface area contributed by atoms with E-state index in [1.54, 1.807) is 24.5 Å². The Bertz CT molecular complexity index is 1080. The fourth-order valence-corrected chi connectivity index (χ4v) is 2.86. The summed E-state index contributed by atoms with van der Waals surface area (Å²) in [4.78, 5) is 8.87. The number of hydrogen-bond donors (Lipinski definition) is 0. The first-order chi connectivity index (χ1) is 12.2. The fraction of sp³-hybridized carbons (Fsp3) is 0. The number of aromatic nitrogens is 1. The van der Waals surface area contributed by atoms with Crippen molar-refractivity contribution < 1.29 is 4.42 Å². The Kier molecular flexibility index (Phi) is 4.26. The van der Waals surface area contributed by atoms with Crippen molar-refractivity contribution in [3.05, 3.63) is 82.7 Å². The van der Waals surface area contributed by atoms with E-state index in [0.717, 1.165) is 22.2 Å². The maximum Gasteiger partial charge on any atom is 0.145 e. The van der Waals surface area contributed by atoms with Crippen LogP contribution in [-0.2, 0) is 0 Å². The molecular formula is C20H12Cl2N2O. The van der Waals surface area contributed by atoms with Gasteiger partial charge in [0.25, 0.3) is 0 Å². The highest BCUT2D eigenvalue weighted by Crippen LogP contribution is 2.30. The number of fused-ring (bicyclic) bond motifs is 1. The molecule has 0 radical (unpaired) electrons. The number of furan rings is 1. The zero-order valence-corrected chi connectivity index (χ0v) is 14.5. The lowest BCUT2D eigenvalue weighted by Gasteiger charge is -2.00. The topological polar surface area (TPSA) is 38.4 Å². The van der Waals surface area contributed by atoms with E-state index in [9.17, 15) is 0 Å². The van der Waals surface area contributed by atoms with Crippen molar-refractivity contribution in [3.63, 3.8) is 0 Å². The third kappa shape index (κ3) is 3.29. The molecule has 0 atom stereocenters. The minimum atomic E-state index is 0.494. The highest BCUT2D eigenvalue weighted by molar-refractivity contribution is 6.42. The Morgan fingerprint density at radius 3 is 2.72 bits per heavy atom. The molecule has 0 spiro atoms. The van der Waals surface area contributed by atoms with Gasteiger partial charge in [-0.2, -0.15) is 0 Å². The normalized spacial score (nSPS) is 11.4. The summed E-state index contributed by atoms with van der Waals surface area (Å²) in [6.07, 6.45) is 3.47. The molecule has 4 rings (SSSR count). The summed E-state index contributed by atoms with van der Waals surface area (Å²) >= 11 is 12.0. The van der Waals surface area contributed by atoms with E-state index in [2.05, 4.69) is 9.98 Å². The quantitative estimate of drug-likeness (QED) is 0.385. The Balaban J connectivity index is 1.64. The molecule has 0 fully saturated rings. The second-order valence-corrected chi connectivity index (χ2v) is 6.25. The third-order valence-corrected chi connectivity index (χ3v) is 4.52. The SMILES string of the molecule is Clc1ccc(-c2ccc(C=Nc3cccc4ncccc34)o2)cc1Cl. The maximum absolute atomic E-state index is 6.06. The standard InChI is InChI=1S/C20H12Cl2N2O/c21-16-8-6-13(11-17(16)22)20-9-7-14(25-20)12-24-19-5-1-4-18-15(19)3-2-10-23-18/h1-12H. The van der Waals surface area contributed by atoms with Crippen molar-refractivity contribution in [2.45, 2.75) is 0 Å². The molecule has 2 aromatic heterocycles. The van der Waals surface area contributed by atoms with Crippen molar-refractivity contribution in [1.82, 2.24) is 4.98 Å². The maximum atomic E-state index is 6.06.